The summed E-state index contributed by atoms with van der Waals surface area (Å²) in [4.78, 5) is 6.62. The van der Waals surface area contributed by atoms with Gasteiger partial charge >= 0.3 is 0 Å². The number of nitrogens with zero attached hydrogens (tertiary/aromatic N) is 2. The highest BCUT2D eigenvalue weighted by molar-refractivity contribution is 5.80. The Kier molecular flexibility index (Phi) is 3.85. The number of nitrogens with one attached hydrogen (secondary N) is 1. The molecule has 104 valence electrons. The summed E-state index contributed by atoms with van der Waals surface area (Å²) in [7, 11) is 2.06. The highest BCUT2D eigenvalue weighted by Gasteiger charge is 2.38. The second-order valence-corrected chi connectivity index (χ2v) is 6.75. The smallest absolute Gasteiger partial charge is 0.193 e. The Morgan fingerprint density at radius 2 is 2.11 bits per heavy atom. The van der Waals surface area contributed by atoms with Crippen LogP contribution in [0.1, 0.15) is 46.0 Å². The normalized spacial score (nSPS) is 32.0. The largest absolute Gasteiger partial charge is 0.388 e. The van der Waals surface area contributed by atoms with Crippen molar-refractivity contribution in [3.8, 4) is 0 Å². The quantitative estimate of drug-likeness (QED) is 0.786. The molecule has 0 aromatic carbocycles. The van der Waals surface area contributed by atoms with Crippen LogP contribution in [-0.2, 0) is 0 Å². The average molecular weight is 253 g/mol. The van der Waals surface area contributed by atoms with E-state index in [0.717, 1.165) is 44.7 Å². The maximum absolute atomic E-state index is 10.7. The van der Waals surface area contributed by atoms with Crippen LogP contribution >= 0.6 is 0 Å². The summed E-state index contributed by atoms with van der Waals surface area (Å²) < 4.78 is 0. The molecular weight excluding hydrogens is 226 g/mol. The van der Waals surface area contributed by atoms with Crippen molar-refractivity contribution in [2.24, 2.45) is 10.4 Å². The lowest BCUT2D eigenvalue weighted by molar-refractivity contribution is -0.0347. The zero-order valence-electron chi connectivity index (χ0n) is 12.0. The van der Waals surface area contributed by atoms with Crippen LogP contribution in [0.25, 0.3) is 0 Å². The third kappa shape index (κ3) is 3.37. The lowest BCUT2D eigenvalue weighted by Crippen LogP contribution is -2.51. The molecule has 18 heavy (non-hydrogen) atoms. The summed E-state index contributed by atoms with van der Waals surface area (Å²) >= 11 is 0. The lowest BCUT2D eigenvalue weighted by Gasteiger charge is -2.42. The van der Waals surface area contributed by atoms with E-state index in [-0.39, 0.29) is 5.41 Å². The van der Waals surface area contributed by atoms with Gasteiger partial charge in [0, 0.05) is 26.7 Å². The summed E-state index contributed by atoms with van der Waals surface area (Å²) in [6.45, 7) is 7.08. The van der Waals surface area contributed by atoms with Gasteiger partial charge in [-0.05, 0) is 37.5 Å². The third-order valence-corrected chi connectivity index (χ3v) is 4.15. The van der Waals surface area contributed by atoms with Crippen LogP contribution < -0.4 is 5.32 Å². The lowest BCUT2D eigenvalue weighted by atomic mass is 9.70. The first-order valence-corrected chi connectivity index (χ1v) is 7.12. The summed E-state index contributed by atoms with van der Waals surface area (Å²) in [5, 5.41) is 14.0. The van der Waals surface area contributed by atoms with Gasteiger partial charge in [0.1, 0.15) is 0 Å². The van der Waals surface area contributed by atoms with Gasteiger partial charge in [0.15, 0.2) is 5.96 Å². The molecule has 0 amide bonds. The van der Waals surface area contributed by atoms with Crippen molar-refractivity contribution in [1.82, 2.24) is 10.2 Å². The second kappa shape index (κ2) is 5.08. The molecule has 1 unspecified atom stereocenters. The fourth-order valence-electron chi connectivity index (χ4n) is 3.27. The monoisotopic (exact) mass is 253 g/mol. The first kappa shape index (κ1) is 13.7. The molecule has 1 saturated carbocycles. The zero-order chi connectivity index (χ0) is 13.2. The average Bonchev–Trinajstić information content (AvgIpc) is 2.26. The van der Waals surface area contributed by atoms with Crippen molar-refractivity contribution in [2.45, 2.75) is 51.6 Å². The van der Waals surface area contributed by atoms with Crippen molar-refractivity contribution in [2.75, 3.05) is 26.7 Å². The molecule has 1 atom stereocenters. The molecule has 1 heterocycles. The van der Waals surface area contributed by atoms with Gasteiger partial charge in [0.2, 0.25) is 0 Å². The maximum atomic E-state index is 10.7. The Morgan fingerprint density at radius 1 is 1.33 bits per heavy atom. The van der Waals surface area contributed by atoms with E-state index in [2.05, 4.69) is 36.1 Å². The van der Waals surface area contributed by atoms with E-state index in [1.807, 2.05) is 0 Å². The molecule has 4 nitrogen and oxygen atoms in total. The maximum Gasteiger partial charge on any atom is 0.193 e. The fraction of sp³-hybridized carbons (Fsp3) is 0.929. The van der Waals surface area contributed by atoms with Gasteiger partial charge in [-0.25, -0.2) is 0 Å². The van der Waals surface area contributed by atoms with E-state index in [0.29, 0.717) is 6.54 Å². The van der Waals surface area contributed by atoms with Gasteiger partial charge in [0.05, 0.1) is 5.60 Å². The van der Waals surface area contributed by atoms with Crippen LogP contribution in [0.4, 0.5) is 0 Å². The third-order valence-electron chi connectivity index (χ3n) is 4.15. The highest BCUT2D eigenvalue weighted by Crippen LogP contribution is 2.40. The molecule has 1 fully saturated rings. The van der Waals surface area contributed by atoms with Crippen LogP contribution in [0.3, 0.4) is 0 Å². The molecule has 2 N–H and O–H groups in total. The number of hydrogen-bond donors (Lipinski definition) is 2. The van der Waals surface area contributed by atoms with Crippen molar-refractivity contribution >= 4 is 5.96 Å². The summed E-state index contributed by atoms with van der Waals surface area (Å²) in [6.07, 6.45) is 5.24. The van der Waals surface area contributed by atoms with Gasteiger partial charge in [-0.2, -0.15) is 0 Å². The molecule has 0 bridgehead atoms. The molecule has 0 aromatic rings. The Bertz CT molecular complexity index is 327. The first-order valence-electron chi connectivity index (χ1n) is 7.12. The van der Waals surface area contributed by atoms with Crippen LogP contribution in [0, 0.1) is 5.41 Å². The molecule has 2 aliphatic rings. The van der Waals surface area contributed by atoms with Crippen molar-refractivity contribution in [3.63, 3.8) is 0 Å². The Labute approximate surface area is 110 Å². The van der Waals surface area contributed by atoms with E-state index in [4.69, 9.17) is 0 Å². The van der Waals surface area contributed by atoms with Gasteiger partial charge in [-0.1, -0.05) is 13.8 Å². The zero-order valence-corrected chi connectivity index (χ0v) is 12.0. The van der Waals surface area contributed by atoms with Crippen LogP contribution in [0.5, 0.6) is 0 Å². The number of aliphatic imine (C=N–C) groups is 1. The Hall–Kier alpha value is -0.770. The minimum absolute atomic E-state index is 0.259. The van der Waals surface area contributed by atoms with Gasteiger partial charge in [0.25, 0.3) is 0 Å². The predicted molar refractivity (Wildman–Crippen MR) is 74.8 cm³/mol. The predicted octanol–water partition coefficient (Wildman–Crippen LogP) is 1.60. The second-order valence-electron chi connectivity index (χ2n) is 6.75. The van der Waals surface area contributed by atoms with Crippen LogP contribution in [-0.4, -0.2) is 48.2 Å². The number of guanidine groups is 1. The van der Waals surface area contributed by atoms with Crippen LogP contribution in [0.2, 0.25) is 0 Å². The summed E-state index contributed by atoms with van der Waals surface area (Å²) in [5.41, 5.74) is -0.308. The van der Waals surface area contributed by atoms with Crippen molar-refractivity contribution in [1.29, 1.82) is 0 Å². The summed E-state index contributed by atoms with van der Waals surface area (Å²) in [6, 6.07) is 0. The van der Waals surface area contributed by atoms with E-state index in [1.54, 1.807) is 0 Å². The van der Waals surface area contributed by atoms with Gasteiger partial charge < -0.3 is 15.3 Å². The van der Waals surface area contributed by atoms with Crippen molar-refractivity contribution in [3.05, 3.63) is 0 Å². The number of aliphatic hydroxyl groups is 1. The molecule has 0 saturated heterocycles. The molecule has 0 aromatic heterocycles. The van der Waals surface area contributed by atoms with Gasteiger partial charge in [-0.15, -0.1) is 0 Å². The highest BCUT2D eigenvalue weighted by atomic mass is 16.3. The SMILES string of the molecule is CN1CCCN=C1NCC1(O)CCCC(C)(C)C1. The van der Waals surface area contributed by atoms with E-state index in [9.17, 15) is 5.11 Å². The summed E-state index contributed by atoms with van der Waals surface area (Å²) in [5.74, 6) is 0.943. The molecule has 1 aliphatic heterocycles. The van der Waals surface area contributed by atoms with E-state index in [1.165, 1.54) is 6.42 Å². The molecular formula is C14H27N3O. The molecule has 1 aliphatic carbocycles. The van der Waals surface area contributed by atoms with Gasteiger partial charge in [-0.3, -0.25) is 4.99 Å². The van der Waals surface area contributed by atoms with Crippen LogP contribution in [0.15, 0.2) is 4.99 Å². The molecule has 2 rings (SSSR count). The molecule has 4 heteroatoms. The van der Waals surface area contributed by atoms with E-state index >= 15 is 0 Å². The minimum Gasteiger partial charge on any atom is -0.388 e. The number of rotatable bonds is 2. The number of hydrogen-bond acceptors (Lipinski definition) is 4. The Morgan fingerprint density at radius 3 is 2.78 bits per heavy atom. The fourth-order valence-corrected chi connectivity index (χ4v) is 3.27. The Balaban J connectivity index is 1.90. The molecule has 0 spiro atoms. The first-order chi connectivity index (χ1) is 8.40. The topological polar surface area (TPSA) is 47.9 Å². The molecule has 0 radical (unpaired) electrons. The van der Waals surface area contributed by atoms with Crippen molar-refractivity contribution < 1.29 is 5.11 Å². The standard InChI is InChI=1S/C14H27N3O/c1-13(2)6-4-7-14(18,10-13)11-16-12-15-8-5-9-17(12)3/h18H,4-11H2,1-3H3,(H,15,16). The van der Waals surface area contributed by atoms with E-state index < -0.39 is 5.60 Å². The minimum atomic E-state index is -0.567.